The average molecular weight is 300 g/mol. The number of carbonyl (C=O) groups excluding carboxylic acids is 1. The SMILES string of the molecule is NC(=S)C1(C(=O)N2CCCCCC2CO)CCOCC1. The van der Waals surface area contributed by atoms with Crippen LogP contribution in [0.4, 0.5) is 0 Å². The Bertz CT molecular complexity index is 369. The number of amides is 1. The Morgan fingerprint density at radius 2 is 2.05 bits per heavy atom. The first-order chi connectivity index (χ1) is 9.62. The Kier molecular flexibility index (Phi) is 5.35. The van der Waals surface area contributed by atoms with Gasteiger partial charge in [0.25, 0.3) is 0 Å². The van der Waals surface area contributed by atoms with Crippen molar-refractivity contribution in [3.8, 4) is 0 Å². The second kappa shape index (κ2) is 6.83. The quantitative estimate of drug-likeness (QED) is 0.755. The highest BCUT2D eigenvalue weighted by atomic mass is 32.1. The predicted octanol–water partition coefficient (Wildman–Crippen LogP) is 0.833. The maximum atomic E-state index is 13.0. The second-order valence-corrected chi connectivity index (χ2v) is 6.18. The highest BCUT2D eigenvalue weighted by Crippen LogP contribution is 2.35. The summed E-state index contributed by atoms with van der Waals surface area (Å²) >= 11 is 5.19. The Hall–Kier alpha value is -0.720. The number of likely N-dealkylation sites (tertiary alicyclic amines) is 1. The van der Waals surface area contributed by atoms with Crippen LogP contribution >= 0.6 is 12.2 Å². The van der Waals surface area contributed by atoms with Gasteiger partial charge in [0.05, 0.1) is 17.6 Å². The van der Waals surface area contributed by atoms with Gasteiger partial charge < -0.3 is 20.5 Å². The van der Waals surface area contributed by atoms with E-state index in [0.29, 0.717) is 32.6 Å². The van der Waals surface area contributed by atoms with Crippen LogP contribution in [0.5, 0.6) is 0 Å². The minimum absolute atomic E-state index is 0.00532. The first-order valence-electron chi connectivity index (χ1n) is 7.41. The van der Waals surface area contributed by atoms with E-state index in [9.17, 15) is 9.90 Å². The lowest BCUT2D eigenvalue weighted by Gasteiger charge is -2.41. The summed E-state index contributed by atoms with van der Waals surface area (Å²) in [5.41, 5.74) is 5.13. The van der Waals surface area contributed by atoms with Crippen LogP contribution in [0.2, 0.25) is 0 Å². The molecule has 2 heterocycles. The van der Waals surface area contributed by atoms with Crippen LogP contribution < -0.4 is 5.73 Å². The van der Waals surface area contributed by atoms with Crippen molar-refractivity contribution in [3.05, 3.63) is 0 Å². The lowest BCUT2D eigenvalue weighted by Crippen LogP contribution is -2.56. The molecule has 6 heteroatoms. The highest BCUT2D eigenvalue weighted by Gasteiger charge is 2.46. The number of carbonyl (C=O) groups is 1. The van der Waals surface area contributed by atoms with E-state index in [4.69, 9.17) is 22.7 Å². The molecule has 0 aromatic rings. The molecule has 2 saturated heterocycles. The molecule has 0 bridgehead atoms. The normalized spacial score (nSPS) is 26.9. The van der Waals surface area contributed by atoms with Crippen LogP contribution in [0.3, 0.4) is 0 Å². The number of hydrogen-bond donors (Lipinski definition) is 2. The maximum Gasteiger partial charge on any atom is 0.236 e. The Labute approximate surface area is 125 Å². The van der Waals surface area contributed by atoms with E-state index < -0.39 is 5.41 Å². The molecule has 1 unspecified atom stereocenters. The molecule has 20 heavy (non-hydrogen) atoms. The summed E-state index contributed by atoms with van der Waals surface area (Å²) < 4.78 is 5.35. The van der Waals surface area contributed by atoms with Crippen LogP contribution in [0, 0.1) is 5.41 Å². The van der Waals surface area contributed by atoms with Crippen molar-refractivity contribution in [2.24, 2.45) is 11.1 Å². The molecule has 2 aliphatic rings. The maximum absolute atomic E-state index is 13.0. The van der Waals surface area contributed by atoms with Gasteiger partial charge in [-0.25, -0.2) is 0 Å². The average Bonchev–Trinajstić information content (AvgIpc) is 2.72. The zero-order valence-electron chi connectivity index (χ0n) is 11.8. The van der Waals surface area contributed by atoms with Crippen LogP contribution in [0.25, 0.3) is 0 Å². The number of hydrogen-bond acceptors (Lipinski definition) is 4. The van der Waals surface area contributed by atoms with Crippen LogP contribution in [-0.2, 0) is 9.53 Å². The van der Waals surface area contributed by atoms with Crippen LogP contribution in [-0.4, -0.2) is 53.3 Å². The lowest BCUT2D eigenvalue weighted by atomic mass is 9.78. The second-order valence-electron chi connectivity index (χ2n) is 5.74. The molecule has 1 atom stereocenters. The first-order valence-corrected chi connectivity index (χ1v) is 7.82. The summed E-state index contributed by atoms with van der Waals surface area (Å²) in [4.78, 5) is 15.1. The van der Waals surface area contributed by atoms with Crippen molar-refractivity contribution < 1.29 is 14.6 Å². The molecule has 5 nitrogen and oxygen atoms in total. The summed E-state index contributed by atoms with van der Waals surface area (Å²) in [7, 11) is 0. The third-order valence-electron chi connectivity index (χ3n) is 4.58. The van der Waals surface area contributed by atoms with Crippen LogP contribution in [0.1, 0.15) is 38.5 Å². The van der Waals surface area contributed by atoms with Crippen molar-refractivity contribution in [2.45, 2.75) is 44.6 Å². The molecule has 1 amide bonds. The van der Waals surface area contributed by atoms with Crippen molar-refractivity contribution in [2.75, 3.05) is 26.4 Å². The number of rotatable bonds is 3. The smallest absolute Gasteiger partial charge is 0.236 e. The molecule has 2 rings (SSSR count). The van der Waals surface area contributed by atoms with E-state index in [1.165, 1.54) is 0 Å². The van der Waals surface area contributed by atoms with Crippen molar-refractivity contribution in [1.29, 1.82) is 0 Å². The zero-order valence-corrected chi connectivity index (χ0v) is 12.7. The van der Waals surface area contributed by atoms with E-state index in [1.54, 1.807) is 0 Å². The van der Waals surface area contributed by atoms with Crippen molar-refractivity contribution >= 4 is 23.1 Å². The summed E-state index contributed by atoms with van der Waals surface area (Å²) in [6, 6.07) is -0.0981. The molecule has 2 fully saturated rings. The van der Waals surface area contributed by atoms with E-state index in [1.807, 2.05) is 4.90 Å². The van der Waals surface area contributed by atoms with Gasteiger partial charge in [0.15, 0.2) is 0 Å². The topological polar surface area (TPSA) is 75.8 Å². The van der Waals surface area contributed by atoms with Gasteiger partial charge >= 0.3 is 0 Å². The molecule has 0 aromatic heterocycles. The molecule has 0 aliphatic carbocycles. The third kappa shape index (κ3) is 2.97. The largest absolute Gasteiger partial charge is 0.394 e. The van der Waals surface area contributed by atoms with Crippen molar-refractivity contribution in [3.63, 3.8) is 0 Å². The van der Waals surface area contributed by atoms with Gasteiger partial charge in [-0.3, -0.25) is 4.79 Å². The standard InChI is InChI=1S/C14H24N2O3S/c15-12(20)14(5-8-19-9-6-14)13(18)16-7-3-1-2-4-11(16)10-17/h11,17H,1-10H2,(H2,15,20). The van der Waals surface area contributed by atoms with E-state index in [2.05, 4.69) is 0 Å². The number of ether oxygens (including phenoxy) is 1. The zero-order chi connectivity index (χ0) is 14.6. The molecule has 2 aliphatic heterocycles. The monoisotopic (exact) mass is 300 g/mol. The fraction of sp³-hybridized carbons (Fsp3) is 0.857. The van der Waals surface area contributed by atoms with Gasteiger partial charge in [-0.15, -0.1) is 0 Å². The minimum atomic E-state index is -0.772. The molecule has 0 radical (unpaired) electrons. The van der Waals surface area contributed by atoms with Crippen molar-refractivity contribution in [1.82, 2.24) is 4.90 Å². The molecule has 0 saturated carbocycles. The molecular weight excluding hydrogens is 276 g/mol. The Morgan fingerprint density at radius 1 is 1.35 bits per heavy atom. The molecule has 0 spiro atoms. The highest BCUT2D eigenvalue weighted by molar-refractivity contribution is 7.80. The lowest BCUT2D eigenvalue weighted by molar-refractivity contribution is -0.145. The molecule has 114 valence electrons. The summed E-state index contributed by atoms with van der Waals surface area (Å²) in [5, 5.41) is 9.57. The third-order valence-corrected chi connectivity index (χ3v) is 4.97. The number of aliphatic hydroxyl groups is 1. The van der Waals surface area contributed by atoms with Gasteiger partial charge in [-0.1, -0.05) is 25.1 Å². The van der Waals surface area contributed by atoms with Gasteiger partial charge in [0.1, 0.15) is 5.41 Å². The predicted molar refractivity (Wildman–Crippen MR) is 80.3 cm³/mol. The molecule has 0 aromatic carbocycles. The fourth-order valence-electron chi connectivity index (χ4n) is 3.19. The van der Waals surface area contributed by atoms with Gasteiger partial charge in [-0.05, 0) is 25.7 Å². The van der Waals surface area contributed by atoms with E-state index in [0.717, 1.165) is 25.7 Å². The fourth-order valence-corrected chi connectivity index (χ4v) is 3.49. The molecule has 3 N–H and O–H groups in total. The summed E-state index contributed by atoms with van der Waals surface area (Å²) in [6.07, 6.45) is 5.09. The van der Waals surface area contributed by atoms with E-state index >= 15 is 0 Å². The van der Waals surface area contributed by atoms with Gasteiger partial charge in [-0.2, -0.15) is 0 Å². The van der Waals surface area contributed by atoms with Gasteiger partial charge in [0.2, 0.25) is 5.91 Å². The Morgan fingerprint density at radius 3 is 2.65 bits per heavy atom. The number of thiocarbonyl (C=S) groups is 1. The Balaban J connectivity index is 2.23. The van der Waals surface area contributed by atoms with Gasteiger partial charge in [0, 0.05) is 19.8 Å². The minimum Gasteiger partial charge on any atom is -0.394 e. The first kappa shape index (κ1) is 15.7. The number of aliphatic hydroxyl groups excluding tert-OH is 1. The van der Waals surface area contributed by atoms with E-state index in [-0.39, 0.29) is 23.5 Å². The summed E-state index contributed by atoms with van der Waals surface area (Å²) in [5.74, 6) is -0.00532. The number of nitrogens with zero attached hydrogens (tertiary/aromatic N) is 1. The molecular formula is C14H24N2O3S. The van der Waals surface area contributed by atoms with Crippen LogP contribution in [0.15, 0.2) is 0 Å². The summed E-state index contributed by atoms with van der Waals surface area (Å²) in [6.45, 7) is 1.73. The number of nitrogens with two attached hydrogens (primary N) is 1.